The van der Waals surface area contributed by atoms with Crippen molar-refractivity contribution in [2.75, 3.05) is 11.5 Å². The van der Waals surface area contributed by atoms with Crippen LogP contribution < -0.4 is 14.4 Å². The molecule has 1 saturated heterocycles. The van der Waals surface area contributed by atoms with Gasteiger partial charge < -0.3 is 14.6 Å². The number of hydrogen-bond donors (Lipinski definition) is 1. The molecule has 2 aliphatic rings. The van der Waals surface area contributed by atoms with Crippen molar-refractivity contribution >= 4 is 45.7 Å². The zero-order valence-corrected chi connectivity index (χ0v) is 25.1. The van der Waals surface area contributed by atoms with E-state index in [2.05, 4.69) is 10.2 Å². The summed E-state index contributed by atoms with van der Waals surface area (Å²) in [5, 5.41) is 20.3. The number of aliphatic hydroxyl groups excluding tert-OH is 1. The summed E-state index contributed by atoms with van der Waals surface area (Å²) in [7, 11) is 0. The maximum absolute atomic E-state index is 13.6. The third-order valence-electron chi connectivity index (χ3n) is 7.16. The van der Waals surface area contributed by atoms with E-state index in [0.29, 0.717) is 40.0 Å². The van der Waals surface area contributed by atoms with E-state index < -0.39 is 17.7 Å². The lowest BCUT2D eigenvalue weighted by Gasteiger charge is -2.22. The van der Waals surface area contributed by atoms with Crippen LogP contribution in [0.1, 0.15) is 48.6 Å². The number of aliphatic hydroxyl groups is 1. The van der Waals surface area contributed by atoms with E-state index in [1.54, 1.807) is 54.6 Å². The number of rotatable bonds is 9. The first kappa shape index (κ1) is 28.9. The molecule has 0 radical (unpaired) electrons. The minimum atomic E-state index is -0.938. The van der Waals surface area contributed by atoms with Gasteiger partial charge in [-0.2, -0.15) is 0 Å². The molecule has 1 aromatic heterocycles. The van der Waals surface area contributed by atoms with Crippen LogP contribution >= 0.6 is 23.1 Å². The predicted octanol–water partition coefficient (Wildman–Crippen LogP) is 6.71. The predicted molar refractivity (Wildman–Crippen MR) is 163 cm³/mol. The van der Waals surface area contributed by atoms with Crippen LogP contribution in [-0.4, -0.2) is 39.7 Å². The number of thioether (sulfide) groups is 1. The largest absolute Gasteiger partial charge is 0.507 e. The van der Waals surface area contributed by atoms with Gasteiger partial charge in [0.2, 0.25) is 5.13 Å². The Balaban J connectivity index is 1.37. The number of halogens is 1. The first-order valence-corrected chi connectivity index (χ1v) is 15.7. The number of carbonyl (C=O) groups is 2. The summed E-state index contributed by atoms with van der Waals surface area (Å²) in [4.78, 5) is 28.5. The number of fused-ring (bicyclic) bond motifs is 1. The Hall–Kier alpha value is -4.22. The van der Waals surface area contributed by atoms with Crippen molar-refractivity contribution in [2.24, 2.45) is 0 Å². The third kappa shape index (κ3) is 5.87. The van der Waals surface area contributed by atoms with Gasteiger partial charge in [0, 0.05) is 17.7 Å². The zero-order valence-electron chi connectivity index (χ0n) is 23.5. The van der Waals surface area contributed by atoms with Gasteiger partial charge in [0.15, 0.2) is 4.34 Å². The summed E-state index contributed by atoms with van der Waals surface area (Å²) in [6.07, 6.45) is 1.54. The normalized spacial score (nSPS) is 19.0. The summed E-state index contributed by atoms with van der Waals surface area (Å²) in [6, 6.07) is 17.6. The number of hydrogen-bond acceptors (Lipinski definition) is 9. The lowest BCUT2D eigenvalue weighted by molar-refractivity contribution is -0.132. The van der Waals surface area contributed by atoms with Gasteiger partial charge in [0.25, 0.3) is 5.78 Å². The molecular formula is C32H28FN3O5S2. The molecule has 2 atom stereocenters. The van der Waals surface area contributed by atoms with Crippen LogP contribution in [0, 0.1) is 5.82 Å². The van der Waals surface area contributed by atoms with Crippen LogP contribution in [-0.2, 0) is 21.8 Å². The van der Waals surface area contributed by atoms with Crippen molar-refractivity contribution in [2.45, 2.75) is 48.9 Å². The average molecular weight is 618 g/mol. The van der Waals surface area contributed by atoms with Crippen LogP contribution in [0.3, 0.4) is 0 Å². The summed E-state index contributed by atoms with van der Waals surface area (Å²) >= 11 is 2.56. The van der Waals surface area contributed by atoms with Crippen LogP contribution in [0.15, 0.2) is 76.6 Å². The zero-order chi connectivity index (χ0) is 30.1. The minimum absolute atomic E-state index is 0.0129. The van der Waals surface area contributed by atoms with Crippen molar-refractivity contribution in [1.82, 2.24) is 10.2 Å². The van der Waals surface area contributed by atoms with Gasteiger partial charge in [-0.05, 0) is 72.5 Å². The summed E-state index contributed by atoms with van der Waals surface area (Å²) in [6.45, 7) is 4.54. The summed E-state index contributed by atoms with van der Waals surface area (Å²) in [5.41, 5.74) is 2.83. The molecule has 4 aromatic rings. The van der Waals surface area contributed by atoms with E-state index in [0.717, 1.165) is 23.3 Å². The highest BCUT2D eigenvalue weighted by molar-refractivity contribution is 8.00. The fourth-order valence-corrected chi connectivity index (χ4v) is 6.94. The van der Waals surface area contributed by atoms with Crippen LogP contribution in [0.4, 0.5) is 9.52 Å². The highest BCUT2D eigenvalue weighted by Gasteiger charge is 2.48. The van der Waals surface area contributed by atoms with Gasteiger partial charge in [0.05, 0.1) is 18.2 Å². The van der Waals surface area contributed by atoms with E-state index in [1.165, 1.54) is 40.1 Å². The number of carbonyl (C=O) groups excluding carboxylic acids is 2. The van der Waals surface area contributed by atoms with E-state index >= 15 is 0 Å². The maximum atomic E-state index is 13.6. The molecule has 2 aliphatic heterocycles. The van der Waals surface area contributed by atoms with Gasteiger partial charge in [0.1, 0.15) is 29.2 Å². The highest BCUT2D eigenvalue weighted by atomic mass is 32.2. The number of anilines is 1. The molecule has 8 nitrogen and oxygen atoms in total. The molecule has 0 aliphatic carbocycles. The van der Waals surface area contributed by atoms with Crippen molar-refractivity contribution in [3.05, 3.63) is 100 Å². The molecule has 3 aromatic carbocycles. The monoisotopic (exact) mass is 617 g/mol. The quantitative estimate of drug-likeness (QED) is 0.0727. The number of aromatic nitrogens is 2. The molecule has 220 valence electrons. The number of Topliss-reactive ketones (excluding diaryl/α,β-unsaturated/α-hetero) is 1. The molecule has 0 bridgehead atoms. The summed E-state index contributed by atoms with van der Waals surface area (Å²) in [5.74, 6) is -0.271. The van der Waals surface area contributed by atoms with Crippen LogP contribution in [0.2, 0.25) is 0 Å². The number of amides is 1. The van der Waals surface area contributed by atoms with Crippen molar-refractivity contribution < 1.29 is 28.6 Å². The Morgan fingerprint density at radius 1 is 1.12 bits per heavy atom. The van der Waals surface area contributed by atoms with Crippen molar-refractivity contribution in [3.8, 4) is 11.5 Å². The van der Waals surface area contributed by atoms with Crippen LogP contribution in [0.5, 0.6) is 11.5 Å². The van der Waals surface area contributed by atoms with Gasteiger partial charge in [-0.15, -0.1) is 10.2 Å². The van der Waals surface area contributed by atoms with Gasteiger partial charge in [-0.3, -0.25) is 14.5 Å². The highest BCUT2D eigenvalue weighted by Crippen LogP contribution is 2.45. The van der Waals surface area contributed by atoms with Crippen molar-refractivity contribution in [3.63, 3.8) is 0 Å². The second-order valence-corrected chi connectivity index (χ2v) is 12.5. The van der Waals surface area contributed by atoms with Gasteiger partial charge >= 0.3 is 5.91 Å². The topological polar surface area (TPSA) is 102 Å². The average Bonchev–Trinajstić information content (AvgIpc) is 3.70. The van der Waals surface area contributed by atoms with Gasteiger partial charge in [-0.25, -0.2) is 4.39 Å². The number of nitrogens with zero attached hydrogens (tertiary/aromatic N) is 3. The molecule has 6 rings (SSSR count). The standard InChI is InChI=1S/C32H28FN3O5S2/c1-3-14-40-24-11-6-20(7-12-24)27-26(28(37)21-8-13-25-22(16-21)15-18(2)41-25)29(38)30(39)36(27)31-34-35-32(43-31)42-17-19-4-9-23(33)10-5-19/h4-13,16,18,27,37H,3,14-15,17H2,1-2H3/b28-26+. The van der Waals surface area contributed by atoms with E-state index in [-0.39, 0.29) is 28.4 Å². The second kappa shape index (κ2) is 12.2. The summed E-state index contributed by atoms with van der Waals surface area (Å²) < 4.78 is 25.4. The molecule has 1 N–H and O–H groups in total. The molecule has 1 amide bonds. The van der Waals surface area contributed by atoms with Crippen LogP contribution in [0.25, 0.3) is 5.76 Å². The first-order valence-electron chi connectivity index (χ1n) is 13.9. The first-order chi connectivity index (χ1) is 20.8. The molecule has 0 saturated carbocycles. The molecule has 2 unspecified atom stereocenters. The number of ketones is 1. The van der Waals surface area contributed by atoms with E-state index in [1.807, 2.05) is 13.8 Å². The van der Waals surface area contributed by atoms with E-state index in [9.17, 15) is 19.1 Å². The Labute approximate surface area is 256 Å². The maximum Gasteiger partial charge on any atom is 0.301 e. The molecule has 0 spiro atoms. The second-order valence-electron chi connectivity index (χ2n) is 10.3. The lowest BCUT2D eigenvalue weighted by atomic mass is 9.94. The minimum Gasteiger partial charge on any atom is -0.507 e. The Morgan fingerprint density at radius 2 is 1.88 bits per heavy atom. The smallest absolute Gasteiger partial charge is 0.301 e. The fraction of sp³-hybridized carbons (Fsp3) is 0.250. The Morgan fingerprint density at radius 3 is 2.63 bits per heavy atom. The molecule has 11 heteroatoms. The Bertz CT molecular complexity index is 1700. The fourth-order valence-electron chi connectivity index (χ4n) is 5.12. The molecule has 43 heavy (non-hydrogen) atoms. The number of ether oxygens (including phenoxy) is 2. The van der Waals surface area contributed by atoms with E-state index in [4.69, 9.17) is 9.47 Å². The van der Waals surface area contributed by atoms with Gasteiger partial charge in [-0.1, -0.05) is 54.3 Å². The third-order valence-corrected chi connectivity index (χ3v) is 9.29. The molecular weight excluding hydrogens is 590 g/mol. The lowest BCUT2D eigenvalue weighted by Crippen LogP contribution is -2.29. The molecule has 1 fully saturated rings. The molecule has 3 heterocycles. The Kier molecular flexibility index (Phi) is 8.18. The number of benzene rings is 3. The SMILES string of the molecule is CCCOc1ccc(C2/C(=C(\O)c3ccc4c(c3)CC(C)O4)C(=O)C(=O)N2c2nnc(SCc3ccc(F)cc3)s2)cc1. The van der Waals surface area contributed by atoms with Crippen molar-refractivity contribution in [1.29, 1.82) is 0 Å².